The summed E-state index contributed by atoms with van der Waals surface area (Å²) in [4.78, 5) is 15.9. The minimum absolute atomic E-state index is 0.0286. The van der Waals surface area contributed by atoms with Gasteiger partial charge in [0.2, 0.25) is 5.91 Å². The first-order valence-electron chi connectivity index (χ1n) is 7.56. The van der Waals surface area contributed by atoms with Crippen LogP contribution in [0, 0.1) is 0 Å². The molecule has 20 heavy (non-hydrogen) atoms. The van der Waals surface area contributed by atoms with Crippen molar-refractivity contribution in [3.05, 3.63) is 0 Å². The molecule has 0 aromatic rings. The Morgan fingerprint density at radius 2 is 1.90 bits per heavy atom. The predicted molar refractivity (Wildman–Crippen MR) is 86.0 cm³/mol. The molecule has 5 nitrogen and oxygen atoms in total. The lowest BCUT2D eigenvalue weighted by Crippen LogP contribution is -2.49. The molecule has 118 valence electrons. The zero-order valence-corrected chi connectivity index (χ0v) is 14.0. The molecule has 0 aliphatic rings. The van der Waals surface area contributed by atoms with Crippen molar-refractivity contribution in [1.82, 2.24) is 16.0 Å². The van der Waals surface area contributed by atoms with E-state index in [1.807, 2.05) is 20.8 Å². The van der Waals surface area contributed by atoms with Crippen molar-refractivity contribution in [3.8, 4) is 0 Å². The van der Waals surface area contributed by atoms with Gasteiger partial charge in [-0.2, -0.15) is 0 Å². The quantitative estimate of drug-likeness (QED) is 0.381. The number of amides is 1. The molecular weight excluding hydrogens is 252 g/mol. The molecule has 0 saturated carbocycles. The lowest BCUT2D eigenvalue weighted by Gasteiger charge is -2.22. The maximum absolute atomic E-state index is 11.7. The molecule has 0 rings (SSSR count). The van der Waals surface area contributed by atoms with Gasteiger partial charge >= 0.3 is 0 Å². The van der Waals surface area contributed by atoms with Gasteiger partial charge < -0.3 is 16.0 Å². The molecule has 1 unspecified atom stereocenters. The molecule has 0 fully saturated rings. The Bertz CT molecular complexity index is 307. The number of hydrogen-bond donors (Lipinski definition) is 3. The van der Waals surface area contributed by atoms with Gasteiger partial charge in [0.05, 0.1) is 6.54 Å². The van der Waals surface area contributed by atoms with Crippen LogP contribution in [-0.4, -0.2) is 37.0 Å². The van der Waals surface area contributed by atoms with E-state index in [0.717, 1.165) is 6.42 Å². The van der Waals surface area contributed by atoms with Crippen molar-refractivity contribution >= 4 is 11.9 Å². The summed E-state index contributed by atoms with van der Waals surface area (Å²) in [7, 11) is 1.72. The van der Waals surface area contributed by atoms with Crippen LogP contribution in [0.25, 0.3) is 0 Å². The summed E-state index contributed by atoms with van der Waals surface area (Å²) in [6.45, 7) is 10.5. The van der Waals surface area contributed by atoms with Crippen molar-refractivity contribution < 1.29 is 4.79 Å². The summed E-state index contributed by atoms with van der Waals surface area (Å²) in [6.07, 6.45) is 4.81. The maximum Gasteiger partial charge on any atom is 0.239 e. The normalized spacial score (nSPS) is 13.8. The Kier molecular flexibility index (Phi) is 9.01. The minimum atomic E-state index is -0.205. The van der Waals surface area contributed by atoms with Gasteiger partial charge in [-0.1, -0.05) is 26.2 Å². The highest BCUT2D eigenvalue weighted by molar-refractivity contribution is 5.86. The van der Waals surface area contributed by atoms with Crippen LogP contribution >= 0.6 is 0 Å². The fourth-order valence-corrected chi connectivity index (χ4v) is 1.83. The fraction of sp³-hybridized carbons (Fsp3) is 0.867. The number of carbonyl (C=O) groups is 1. The molecule has 0 aliphatic heterocycles. The van der Waals surface area contributed by atoms with Gasteiger partial charge in [-0.3, -0.25) is 9.79 Å². The second-order valence-electron chi connectivity index (χ2n) is 6.27. The Morgan fingerprint density at radius 1 is 1.25 bits per heavy atom. The van der Waals surface area contributed by atoms with E-state index in [0.29, 0.717) is 12.0 Å². The van der Waals surface area contributed by atoms with Crippen LogP contribution in [0.4, 0.5) is 0 Å². The number of nitrogens with zero attached hydrogens (tertiary/aromatic N) is 1. The van der Waals surface area contributed by atoms with Crippen molar-refractivity contribution in [2.75, 3.05) is 13.6 Å². The van der Waals surface area contributed by atoms with Crippen LogP contribution in [0.15, 0.2) is 4.99 Å². The van der Waals surface area contributed by atoms with Crippen molar-refractivity contribution in [2.45, 2.75) is 71.9 Å². The molecule has 0 spiro atoms. The average molecular weight is 284 g/mol. The summed E-state index contributed by atoms with van der Waals surface area (Å²) < 4.78 is 0. The molecule has 0 radical (unpaired) electrons. The van der Waals surface area contributed by atoms with E-state index in [1.165, 1.54) is 19.3 Å². The zero-order chi connectivity index (χ0) is 15.6. The standard InChI is InChI=1S/C15H32N4O/c1-7-8-9-10-12(2)18-14(16-6)17-11-13(20)19-15(3,4)5/h12H,7-11H2,1-6H3,(H,19,20)(H2,16,17,18). The Morgan fingerprint density at radius 3 is 2.40 bits per heavy atom. The van der Waals surface area contributed by atoms with Crippen LogP contribution in [0.3, 0.4) is 0 Å². The average Bonchev–Trinajstić information content (AvgIpc) is 2.32. The third kappa shape index (κ3) is 10.6. The molecule has 0 aliphatic carbocycles. The van der Waals surface area contributed by atoms with Gasteiger partial charge in [-0.25, -0.2) is 0 Å². The van der Waals surface area contributed by atoms with Crippen molar-refractivity contribution in [3.63, 3.8) is 0 Å². The molecule has 0 aromatic heterocycles. The van der Waals surface area contributed by atoms with Gasteiger partial charge in [0.15, 0.2) is 5.96 Å². The van der Waals surface area contributed by atoms with Crippen molar-refractivity contribution in [1.29, 1.82) is 0 Å². The predicted octanol–water partition coefficient (Wildman–Crippen LogP) is 2.03. The van der Waals surface area contributed by atoms with Crippen molar-refractivity contribution in [2.24, 2.45) is 4.99 Å². The number of guanidine groups is 1. The summed E-state index contributed by atoms with van der Waals surface area (Å²) in [5.41, 5.74) is -0.205. The SMILES string of the molecule is CCCCCC(C)NC(=NC)NCC(=O)NC(C)(C)C. The monoisotopic (exact) mass is 284 g/mol. The van der Waals surface area contributed by atoms with Crippen LogP contribution in [0.5, 0.6) is 0 Å². The number of carbonyl (C=O) groups excluding carboxylic acids is 1. The lowest BCUT2D eigenvalue weighted by molar-refractivity contribution is -0.121. The van der Waals surface area contributed by atoms with E-state index in [4.69, 9.17) is 0 Å². The number of aliphatic imine (C=N–C) groups is 1. The van der Waals surface area contributed by atoms with E-state index in [-0.39, 0.29) is 18.0 Å². The fourth-order valence-electron chi connectivity index (χ4n) is 1.83. The first-order chi connectivity index (χ1) is 9.28. The maximum atomic E-state index is 11.7. The van der Waals surface area contributed by atoms with Gasteiger partial charge in [0.1, 0.15) is 0 Å². The zero-order valence-electron chi connectivity index (χ0n) is 14.0. The largest absolute Gasteiger partial charge is 0.354 e. The topological polar surface area (TPSA) is 65.5 Å². The minimum Gasteiger partial charge on any atom is -0.354 e. The van der Waals surface area contributed by atoms with E-state index in [2.05, 4.69) is 34.8 Å². The summed E-state index contributed by atoms with van der Waals surface area (Å²) >= 11 is 0. The van der Waals surface area contributed by atoms with E-state index in [9.17, 15) is 4.79 Å². The lowest BCUT2D eigenvalue weighted by atomic mass is 10.1. The molecule has 0 saturated heterocycles. The number of unbranched alkanes of at least 4 members (excludes halogenated alkanes) is 2. The van der Waals surface area contributed by atoms with Gasteiger partial charge in [-0.15, -0.1) is 0 Å². The Hall–Kier alpha value is -1.26. The molecular formula is C15H32N4O. The summed E-state index contributed by atoms with van der Waals surface area (Å²) in [5, 5.41) is 9.25. The van der Waals surface area contributed by atoms with E-state index >= 15 is 0 Å². The highest BCUT2D eigenvalue weighted by Crippen LogP contribution is 2.02. The number of rotatable bonds is 7. The molecule has 0 heterocycles. The van der Waals surface area contributed by atoms with Gasteiger partial charge in [-0.05, 0) is 34.1 Å². The number of nitrogens with one attached hydrogen (secondary N) is 3. The third-order valence-corrected chi connectivity index (χ3v) is 2.78. The molecule has 3 N–H and O–H groups in total. The van der Waals surface area contributed by atoms with E-state index < -0.39 is 0 Å². The first kappa shape index (κ1) is 18.7. The Labute approximate surface area is 124 Å². The first-order valence-corrected chi connectivity index (χ1v) is 7.56. The van der Waals surface area contributed by atoms with Crippen LogP contribution < -0.4 is 16.0 Å². The smallest absolute Gasteiger partial charge is 0.239 e. The molecule has 0 bridgehead atoms. The summed E-state index contributed by atoms with van der Waals surface area (Å²) in [6, 6.07) is 0.360. The van der Waals surface area contributed by atoms with Gasteiger partial charge in [0, 0.05) is 18.6 Å². The van der Waals surface area contributed by atoms with E-state index in [1.54, 1.807) is 7.05 Å². The van der Waals surface area contributed by atoms with Crippen LogP contribution in [0.1, 0.15) is 60.3 Å². The second-order valence-corrected chi connectivity index (χ2v) is 6.27. The molecule has 1 atom stereocenters. The van der Waals surface area contributed by atoms with Gasteiger partial charge in [0.25, 0.3) is 0 Å². The second kappa shape index (κ2) is 9.61. The summed E-state index contributed by atoms with van der Waals surface area (Å²) in [5.74, 6) is 0.650. The molecule has 5 heteroatoms. The molecule has 1 amide bonds. The van der Waals surface area contributed by atoms with Crippen LogP contribution in [-0.2, 0) is 4.79 Å². The van der Waals surface area contributed by atoms with Crippen LogP contribution in [0.2, 0.25) is 0 Å². The molecule has 0 aromatic carbocycles. The highest BCUT2D eigenvalue weighted by atomic mass is 16.2. The highest BCUT2D eigenvalue weighted by Gasteiger charge is 2.14. The Balaban J connectivity index is 4.01. The third-order valence-electron chi connectivity index (χ3n) is 2.78. The number of hydrogen-bond acceptors (Lipinski definition) is 2.